The van der Waals surface area contributed by atoms with Gasteiger partial charge in [-0.1, -0.05) is 25.0 Å². The maximum Gasteiger partial charge on any atom is 0.244 e. The summed E-state index contributed by atoms with van der Waals surface area (Å²) < 4.78 is 12.9. The molecule has 1 heterocycles. The number of amides is 2. The number of rotatable bonds is 6. The Morgan fingerprint density at radius 3 is 2.36 bits per heavy atom. The molecule has 5 nitrogen and oxygen atoms in total. The van der Waals surface area contributed by atoms with Crippen molar-refractivity contribution in [3.05, 3.63) is 41.7 Å². The molecule has 2 amide bonds. The highest BCUT2D eigenvalue weighted by atomic mass is 19.1. The fourth-order valence-corrected chi connectivity index (χ4v) is 4.21. The number of carbonyl (C=O) groups excluding carboxylic acids is 2. The smallest absolute Gasteiger partial charge is 0.244 e. The Labute approximate surface area is 166 Å². The summed E-state index contributed by atoms with van der Waals surface area (Å²) in [6, 6.07) is 7.14. The number of nitrogens with one attached hydrogen (secondary N) is 1. The van der Waals surface area contributed by atoms with Gasteiger partial charge in [0.15, 0.2) is 0 Å². The number of hydrogen-bond acceptors (Lipinski definition) is 3. The van der Waals surface area contributed by atoms with E-state index in [1.54, 1.807) is 18.2 Å². The molecule has 28 heavy (non-hydrogen) atoms. The number of nitrogens with zero attached hydrogens (tertiary/aromatic N) is 2. The van der Waals surface area contributed by atoms with E-state index in [9.17, 15) is 14.0 Å². The van der Waals surface area contributed by atoms with Crippen LogP contribution in [0, 0.1) is 5.82 Å². The van der Waals surface area contributed by atoms with Crippen LogP contribution in [0.2, 0.25) is 0 Å². The second kappa shape index (κ2) is 9.82. The van der Waals surface area contributed by atoms with Crippen LogP contribution >= 0.6 is 0 Å². The fraction of sp³-hybridized carbons (Fsp3) is 0.545. The summed E-state index contributed by atoms with van der Waals surface area (Å²) in [5.74, 6) is -0.676. The molecule has 3 rings (SSSR count). The lowest BCUT2D eigenvalue weighted by Gasteiger charge is -2.39. The SMILES string of the molecule is CN(C1CCCC1)C1CCN(C(=O)CNC(=O)/C=C/c2ccc(F)cc2)CC1. The third-order valence-corrected chi connectivity index (χ3v) is 6.00. The van der Waals surface area contributed by atoms with Gasteiger partial charge >= 0.3 is 0 Å². The minimum absolute atomic E-state index is 0.00964. The molecule has 1 aromatic rings. The summed E-state index contributed by atoms with van der Waals surface area (Å²) in [7, 11) is 2.23. The highest BCUT2D eigenvalue weighted by Gasteiger charge is 2.29. The summed E-state index contributed by atoms with van der Waals surface area (Å²) in [6.45, 7) is 1.51. The molecule has 0 unspecified atom stereocenters. The molecule has 0 bridgehead atoms. The first-order valence-electron chi connectivity index (χ1n) is 10.2. The Morgan fingerprint density at radius 1 is 1.11 bits per heavy atom. The van der Waals surface area contributed by atoms with Crippen LogP contribution in [0.4, 0.5) is 4.39 Å². The standard InChI is InChI=1S/C22H30FN3O2/c1-25(19-4-2-3-5-19)20-12-14-26(15-13-20)22(28)16-24-21(27)11-8-17-6-9-18(23)10-7-17/h6-11,19-20H,2-5,12-16H2,1H3,(H,24,27)/b11-8+. The van der Waals surface area contributed by atoms with Gasteiger partial charge in [-0.15, -0.1) is 0 Å². The van der Waals surface area contributed by atoms with E-state index >= 15 is 0 Å². The van der Waals surface area contributed by atoms with Gasteiger partial charge in [-0.05, 0) is 56.5 Å². The van der Waals surface area contributed by atoms with Gasteiger partial charge in [0.2, 0.25) is 11.8 Å². The van der Waals surface area contributed by atoms with Gasteiger partial charge in [0.25, 0.3) is 0 Å². The van der Waals surface area contributed by atoms with E-state index in [0.29, 0.717) is 12.1 Å². The maximum atomic E-state index is 12.9. The van der Waals surface area contributed by atoms with Crippen molar-refractivity contribution in [2.24, 2.45) is 0 Å². The average Bonchev–Trinajstić information content (AvgIpc) is 3.26. The molecule has 152 valence electrons. The molecule has 2 fully saturated rings. The van der Waals surface area contributed by atoms with Crippen molar-refractivity contribution in [2.75, 3.05) is 26.7 Å². The highest BCUT2D eigenvalue weighted by molar-refractivity contribution is 5.94. The number of halogens is 1. The van der Waals surface area contributed by atoms with Crippen molar-refractivity contribution in [3.8, 4) is 0 Å². The topological polar surface area (TPSA) is 52.6 Å². The maximum absolute atomic E-state index is 12.9. The lowest BCUT2D eigenvalue weighted by Crippen LogP contribution is -2.49. The first kappa shape index (κ1) is 20.5. The number of piperidine rings is 1. The van der Waals surface area contributed by atoms with E-state index in [0.717, 1.165) is 31.5 Å². The Balaban J connectivity index is 1.38. The number of carbonyl (C=O) groups is 2. The first-order chi connectivity index (χ1) is 13.5. The second-order valence-electron chi connectivity index (χ2n) is 7.82. The van der Waals surface area contributed by atoms with Crippen LogP contribution < -0.4 is 5.32 Å². The summed E-state index contributed by atoms with van der Waals surface area (Å²) in [4.78, 5) is 28.7. The average molecular weight is 387 g/mol. The number of likely N-dealkylation sites (tertiary alicyclic amines) is 1. The third-order valence-electron chi connectivity index (χ3n) is 6.00. The van der Waals surface area contributed by atoms with E-state index in [4.69, 9.17) is 0 Å². The zero-order valence-electron chi connectivity index (χ0n) is 16.6. The Kier molecular flexibility index (Phi) is 7.20. The molecule has 0 aromatic heterocycles. The normalized spacial score (nSPS) is 18.9. The lowest BCUT2D eigenvalue weighted by molar-refractivity contribution is -0.133. The van der Waals surface area contributed by atoms with Crippen molar-refractivity contribution in [2.45, 2.75) is 50.6 Å². The Bertz CT molecular complexity index is 690. The van der Waals surface area contributed by atoms with E-state index in [1.807, 2.05) is 4.90 Å². The quantitative estimate of drug-likeness (QED) is 0.764. The minimum atomic E-state index is -0.325. The van der Waals surface area contributed by atoms with Gasteiger partial charge in [-0.25, -0.2) is 4.39 Å². The van der Waals surface area contributed by atoms with E-state index in [1.165, 1.54) is 43.9 Å². The monoisotopic (exact) mass is 387 g/mol. The molecule has 0 atom stereocenters. The van der Waals surface area contributed by atoms with Crippen molar-refractivity contribution in [3.63, 3.8) is 0 Å². The molecule has 1 saturated heterocycles. The van der Waals surface area contributed by atoms with Gasteiger partial charge in [-0.2, -0.15) is 0 Å². The van der Waals surface area contributed by atoms with Crippen molar-refractivity contribution in [1.82, 2.24) is 15.1 Å². The molecular weight excluding hydrogens is 357 g/mol. The van der Waals surface area contributed by atoms with Crippen molar-refractivity contribution < 1.29 is 14.0 Å². The first-order valence-corrected chi connectivity index (χ1v) is 10.2. The van der Waals surface area contributed by atoms with Crippen LogP contribution in [0.1, 0.15) is 44.1 Å². The molecule has 1 aliphatic heterocycles. The van der Waals surface area contributed by atoms with Gasteiger partial charge in [0.05, 0.1) is 6.54 Å². The molecule has 0 radical (unpaired) electrons. The Hall–Kier alpha value is -2.21. The van der Waals surface area contributed by atoms with Gasteiger partial charge in [-0.3, -0.25) is 9.59 Å². The van der Waals surface area contributed by atoms with E-state index in [2.05, 4.69) is 17.3 Å². The molecule has 1 N–H and O–H groups in total. The molecule has 1 aliphatic carbocycles. The predicted octanol–water partition coefficient (Wildman–Crippen LogP) is 2.82. The zero-order chi connectivity index (χ0) is 19.9. The summed E-state index contributed by atoms with van der Waals surface area (Å²) in [5, 5.41) is 2.64. The van der Waals surface area contributed by atoms with Crippen molar-refractivity contribution >= 4 is 17.9 Å². The van der Waals surface area contributed by atoms with Gasteiger partial charge in [0, 0.05) is 31.2 Å². The fourth-order valence-electron chi connectivity index (χ4n) is 4.21. The lowest BCUT2D eigenvalue weighted by atomic mass is 10.0. The zero-order valence-corrected chi connectivity index (χ0v) is 16.6. The molecule has 0 spiro atoms. The van der Waals surface area contributed by atoms with Crippen molar-refractivity contribution in [1.29, 1.82) is 0 Å². The largest absolute Gasteiger partial charge is 0.343 e. The highest BCUT2D eigenvalue weighted by Crippen LogP contribution is 2.27. The van der Waals surface area contributed by atoms with E-state index < -0.39 is 0 Å². The second-order valence-corrected chi connectivity index (χ2v) is 7.82. The molecule has 1 saturated carbocycles. The van der Waals surface area contributed by atoms with Crippen LogP contribution in [0.5, 0.6) is 0 Å². The predicted molar refractivity (Wildman–Crippen MR) is 108 cm³/mol. The van der Waals surface area contributed by atoms with E-state index in [-0.39, 0.29) is 24.2 Å². The molecule has 1 aromatic carbocycles. The molecule has 6 heteroatoms. The molecule has 2 aliphatic rings. The van der Waals surface area contributed by atoms with Crippen LogP contribution in [0.25, 0.3) is 6.08 Å². The number of hydrogen-bond donors (Lipinski definition) is 1. The Morgan fingerprint density at radius 2 is 1.71 bits per heavy atom. The van der Waals surface area contributed by atoms with Crippen LogP contribution in [-0.4, -0.2) is 60.4 Å². The summed E-state index contributed by atoms with van der Waals surface area (Å²) in [5.41, 5.74) is 0.733. The minimum Gasteiger partial charge on any atom is -0.343 e. The number of benzene rings is 1. The van der Waals surface area contributed by atoms with Gasteiger partial charge in [0.1, 0.15) is 5.82 Å². The van der Waals surface area contributed by atoms with Crippen LogP contribution in [0.3, 0.4) is 0 Å². The van der Waals surface area contributed by atoms with Crippen LogP contribution in [-0.2, 0) is 9.59 Å². The van der Waals surface area contributed by atoms with Gasteiger partial charge < -0.3 is 15.1 Å². The molecular formula is C22H30FN3O2. The third kappa shape index (κ3) is 5.64. The summed E-state index contributed by atoms with van der Waals surface area (Å²) >= 11 is 0. The summed E-state index contributed by atoms with van der Waals surface area (Å²) in [6.07, 6.45) is 10.2. The van der Waals surface area contributed by atoms with Crippen LogP contribution in [0.15, 0.2) is 30.3 Å².